The molecule has 0 N–H and O–H groups in total. The quantitative estimate of drug-likeness (QED) is 0.394. The van der Waals surface area contributed by atoms with Gasteiger partial charge in [-0.1, -0.05) is 53.9 Å². The molecule has 5 saturated carbocycles. The normalized spacial score (nSPS) is 45.2. The Morgan fingerprint density at radius 2 is 1.48 bits per heavy atom. The van der Waals surface area contributed by atoms with Gasteiger partial charge < -0.3 is 0 Å². The van der Waals surface area contributed by atoms with Gasteiger partial charge in [-0.15, -0.1) is 0 Å². The maximum atomic E-state index is 12.8. The van der Waals surface area contributed by atoms with Crippen molar-refractivity contribution in [2.75, 3.05) is 0 Å². The van der Waals surface area contributed by atoms with E-state index in [1.165, 1.54) is 57.8 Å². The highest BCUT2D eigenvalue weighted by molar-refractivity contribution is 6.12. The highest BCUT2D eigenvalue weighted by Crippen LogP contribution is 2.70. The van der Waals surface area contributed by atoms with Crippen molar-refractivity contribution in [3.8, 4) is 0 Å². The number of carbonyl (C=O) groups excluding carboxylic acids is 2. The van der Waals surface area contributed by atoms with Crippen molar-refractivity contribution in [1.29, 1.82) is 0 Å². The van der Waals surface area contributed by atoms with Crippen LogP contribution in [0.5, 0.6) is 0 Å². The molecule has 8 atom stereocenters. The molecular formula is C31H50O2. The summed E-state index contributed by atoms with van der Waals surface area (Å²) >= 11 is 0. The molecule has 0 radical (unpaired) electrons. The predicted molar refractivity (Wildman–Crippen MR) is 135 cm³/mol. The van der Waals surface area contributed by atoms with Gasteiger partial charge in [-0.2, -0.15) is 0 Å². The van der Waals surface area contributed by atoms with Crippen LogP contribution in [-0.4, -0.2) is 11.6 Å². The Kier molecular flexibility index (Phi) is 6.18. The lowest BCUT2D eigenvalue weighted by molar-refractivity contribution is -0.155. The van der Waals surface area contributed by atoms with E-state index in [9.17, 15) is 9.59 Å². The molecular weight excluding hydrogens is 404 g/mol. The maximum Gasteiger partial charge on any atom is 0.146 e. The largest absolute Gasteiger partial charge is 0.299 e. The Hall–Kier alpha value is -0.660. The maximum absolute atomic E-state index is 12.8. The number of Topliss-reactive ketones (excluding diaryl/α,β-unsaturated/α-hetero) is 2. The Morgan fingerprint density at radius 3 is 2.18 bits per heavy atom. The fourth-order valence-electron chi connectivity index (χ4n) is 10.7. The number of fused-ring (bicyclic) bond motifs is 5. The standard InChI is InChI=1S/C31H50O2/c1-20(2)7-6-8-21(3)24-11-12-25-23-10-9-22-19-31(27(32)13-14-28(31)33)18-17-29(22,4)26(23)15-16-30(24,25)5/h20-26H,6-19H2,1-5H3/t21-,22?,23+,24-,25+,26+,29+,30-/m1/s1. The fourth-order valence-corrected chi connectivity index (χ4v) is 10.7. The van der Waals surface area contributed by atoms with Crippen LogP contribution < -0.4 is 0 Å². The van der Waals surface area contributed by atoms with Crippen LogP contribution in [0.1, 0.15) is 125 Å². The van der Waals surface area contributed by atoms with Crippen LogP contribution in [0.2, 0.25) is 0 Å². The zero-order chi connectivity index (χ0) is 23.6. The van der Waals surface area contributed by atoms with Gasteiger partial charge in [0.1, 0.15) is 11.6 Å². The van der Waals surface area contributed by atoms with Gasteiger partial charge in [0.05, 0.1) is 5.41 Å². The minimum atomic E-state index is -0.565. The summed E-state index contributed by atoms with van der Waals surface area (Å²) in [6, 6.07) is 0. The smallest absolute Gasteiger partial charge is 0.146 e. The summed E-state index contributed by atoms with van der Waals surface area (Å²) in [6.07, 6.45) is 16.5. The van der Waals surface area contributed by atoms with E-state index in [-0.39, 0.29) is 11.6 Å². The average molecular weight is 455 g/mol. The molecule has 5 rings (SSSR count). The van der Waals surface area contributed by atoms with E-state index in [1.54, 1.807) is 0 Å². The second-order valence-electron chi connectivity index (χ2n) is 14.3. The average Bonchev–Trinajstić information content (AvgIpc) is 3.26. The summed E-state index contributed by atoms with van der Waals surface area (Å²) in [5.74, 6) is 6.43. The molecule has 0 aromatic heterocycles. The van der Waals surface area contributed by atoms with E-state index in [0.29, 0.717) is 29.6 Å². The first kappa shape index (κ1) is 24.1. The number of hydrogen-bond donors (Lipinski definition) is 0. The Bertz CT molecular complexity index is 766. The zero-order valence-electron chi connectivity index (χ0n) is 22.3. The van der Waals surface area contributed by atoms with Crippen LogP contribution in [0.3, 0.4) is 0 Å². The first-order valence-electron chi connectivity index (χ1n) is 14.7. The van der Waals surface area contributed by atoms with Crippen molar-refractivity contribution in [1.82, 2.24) is 0 Å². The SMILES string of the molecule is CC(C)CCC[C@@H](C)[C@H]1CC[C@H]2[C@@H]3CCC4CC5(CC[C@]4(C)[C@H]3CC[C@]12C)C(=O)CCC5=O. The molecule has 1 unspecified atom stereocenters. The summed E-state index contributed by atoms with van der Waals surface area (Å²) in [5, 5.41) is 0. The molecule has 0 aliphatic heterocycles. The lowest BCUT2D eigenvalue weighted by Gasteiger charge is -2.62. The van der Waals surface area contributed by atoms with Crippen LogP contribution >= 0.6 is 0 Å². The van der Waals surface area contributed by atoms with Gasteiger partial charge in [-0.25, -0.2) is 0 Å². The molecule has 0 saturated heterocycles. The third kappa shape index (κ3) is 3.62. The number of hydrogen-bond acceptors (Lipinski definition) is 2. The Balaban J connectivity index is 1.30. The topological polar surface area (TPSA) is 34.1 Å². The molecule has 0 aromatic rings. The van der Waals surface area contributed by atoms with Gasteiger partial charge in [0.2, 0.25) is 0 Å². The highest BCUT2D eigenvalue weighted by atomic mass is 16.2. The zero-order valence-corrected chi connectivity index (χ0v) is 22.3. The molecule has 5 aliphatic carbocycles. The number of rotatable bonds is 5. The minimum absolute atomic E-state index is 0.290. The molecule has 0 heterocycles. The van der Waals surface area contributed by atoms with Crippen molar-refractivity contribution in [2.24, 2.45) is 57.7 Å². The predicted octanol–water partition coefficient (Wildman–Crippen LogP) is 8.03. The monoisotopic (exact) mass is 454 g/mol. The van der Waals surface area contributed by atoms with Crippen molar-refractivity contribution in [3.63, 3.8) is 0 Å². The van der Waals surface area contributed by atoms with Gasteiger partial charge in [-0.3, -0.25) is 9.59 Å². The molecule has 5 fully saturated rings. The van der Waals surface area contributed by atoms with E-state index in [4.69, 9.17) is 0 Å². The molecule has 186 valence electrons. The molecule has 2 nitrogen and oxygen atoms in total. The van der Waals surface area contributed by atoms with Crippen LogP contribution in [0.15, 0.2) is 0 Å². The molecule has 1 spiro atoms. The van der Waals surface area contributed by atoms with Gasteiger partial charge >= 0.3 is 0 Å². The van der Waals surface area contributed by atoms with E-state index in [2.05, 4.69) is 34.6 Å². The van der Waals surface area contributed by atoms with Gasteiger partial charge in [0.15, 0.2) is 0 Å². The highest BCUT2D eigenvalue weighted by Gasteiger charge is 2.63. The first-order chi connectivity index (χ1) is 15.6. The van der Waals surface area contributed by atoms with E-state index < -0.39 is 5.41 Å². The van der Waals surface area contributed by atoms with E-state index >= 15 is 0 Å². The minimum Gasteiger partial charge on any atom is -0.299 e. The second-order valence-corrected chi connectivity index (χ2v) is 14.3. The summed E-state index contributed by atoms with van der Waals surface area (Å²) in [4.78, 5) is 25.6. The van der Waals surface area contributed by atoms with E-state index in [0.717, 1.165) is 54.8 Å². The van der Waals surface area contributed by atoms with Crippen LogP contribution in [0.4, 0.5) is 0 Å². The third-order valence-corrected chi connectivity index (χ3v) is 12.6. The first-order valence-corrected chi connectivity index (χ1v) is 14.7. The summed E-state index contributed by atoms with van der Waals surface area (Å²) < 4.78 is 0. The molecule has 5 aliphatic rings. The van der Waals surface area contributed by atoms with Crippen molar-refractivity contribution < 1.29 is 9.59 Å². The van der Waals surface area contributed by atoms with Crippen molar-refractivity contribution in [2.45, 2.75) is 125 Å². The molecule has 0 bridgehead atoms. The molecule has 0 amide bonds. The Labute approximate surface area is 203 Å². The summed E-state index contributed by atoms with van der Waals surface area (Å²) in [6.45, 7) is 12.6. The van der Waals surface area contributed by atoms with Crippen LogP contribution in [0.25, 0.3) is 0 Å². The lowest BCUT2D eigenvalue weighted by Crippen LogP contribution is -2.56. The van der Waals surface area contributed by atoms with Gasteiger partial charge in [-0.05, 0) is 110 Å². The van der Waals surface area contributed by atoms with Crippen LogP contribution in [-0.2, 0) is 9.59 Å². The van der Waals surface area contributed by atoms with Gasteiger partial charge in [0, 0.05) is 12.8 Å². The lowest BCUT2D eigenvalue weighted by atomic mass is 9.42. The molecule has 0 aromatic carbocycles. The molecule has 2 heteroatoms. The van der Waals surface area contributed by atoms with Crippen molar-refractivity contribution in [3.05, 3.63) is 0 Å². The van der Waals surface area contributed by atoms with Gasteiger partial charge in [0.25, 0.3) is 0 Å². The summed E-state index contributed by atoms with van der Waals surface area (Å²) in [5.41, 5.74) is 0.346. The van der Waals surface area contributed by atoms with Crippen molar-refractivity contribution >= 4 is 11.6 Å². The summed E-state index contributed by atoms with van der Waals surface area (Å²) in [7, 11) is 0. The molecule has 33 heavy (non-hydrogen) atoms. The second kappa shape index (κ2) is 8.48. The fraction of sp³-hybridized carbons (Fsp3) is 0.935. The third-order valence-electron chi connectivity index (χ3n) is 12.6. The number of carbonyl (C=O) groups is 2. The van der Waals surface area contributed by atoms with E-state index in [1.807, 2.05) is 0 Å². The van der Waals surface area contributed by atoms with Crippen LogP contribution in [0, 0.1) is 57.7 Å². The number of ketones is 2. The Morgan fingerprint density at radius 1 is 0.788 bits per heavy atom.